The van der Waals surface area contributed by atoms with Crippen LogP contribution in [0.15, 0.2) is 18.2 Å². The van der Waals surface area contributed by atoms with Gasteiger partial charge in [-0.3, -0.25) is 0 Å². The fourth-order valence-electron chi connectivity index (χ4n) is 2.04. The summed E-state index contributed by atoms with van der Waals surface area (Å²) >= 11 is 13.7. The van der Waals surface area contributed by atoms with Crippen molar-refractivity contribution in [3.05, 3.63) is 38.8 Å². The summed E-state index contributed by atoms with van der Waals surface area (Å²) in [4.78, 5) is 0. The van der Waals surface area contributed by atoms with Crippen LogP contribution in [0.2, 0.25) is 10.0 Å². The molecule has 1 aromatic carbocycles. The van der Waals surface area contributed by atoms with E-state index in [1.54, 1.807) is 11.3 Å². The molecular weight excluding hydrogens is 325 g/mol. The van der Waals surface area contributed by atoms with Crippen molar-refractivity contribution >= 4 is 39.7 Å². The monoisotopic (exact) mass is 343 g/mol. The molecule has 2 aromatic rings. The largest absolute Gasteiger partial charge is 0.353 e. The predicted molar refractivity (Wildman–Crippen MR) is 91.6 cm³/mol. The highest BCUT2D eigenvalue weighted by molar-refractivity contribution is 7.15. The van der Waals surface area contributed by atoms with E-state index in [0.29, 0.717) is 16.0 Å². The van der Waals surface area contributed by atoms with E-state index in [2.05, 4.69) is 36.3 Å². The van der Waals surface area contributed by atoms with E-state index in [-0.39, 0.29) is 6.04 Å². The van der Waals surface area contributed by atoms with Crippen LogP contribution in [0.3, 0.4) is 0 Å². The number of aromatic nitrogens is 2. The molecule has 1 aromatic heterocycles. The van der Waals surface area contributed by atoms with Gasteiger partial charge in [0.15, 0.2) is 0 Å². The second-order valence-corrected chi connectivity index (χ2v) is 7.25. The van der Waals surface area contributed by atoms with Crippen LogP contribution < -0.4 is 5.32 Å². The molecule has 1 heterocycles. The van der Waals surface area contributed by atoms with Gasteiger partial charge in [0, 0.05) is 6.42 Å². The summed E-state index contributed by atoms with van der Waals surface area (Å²) in [7, 11) is 0. The molecule has 0 aliphatic carbocycles. The lowest BCUT2D eigenvalue weighted by Crippen LogP contribution is -2.09. The molecule has 1 N–H and O–H groups in total. The molecule has 21 heavy (non-hydrogen) atoms. The van der Waals surface area contributed by atoms with Crippen LogP contribution >= 0.6 is 34.5 Å². The Bertz CT molecular complexity index is 598. The molecule has 1 unspecified atom stereocenters. The maximum Gasteiger partial charge on any atom is 0.206 e. The first-order valence-corrected chi connectivity index (χ1v) is 8.60. The predicted octanol–water partition coefficient (Wildman–Crippen LogP) is 5.61. The van der Waals surface area contributed by atoms with Crippen molar-refractivity contribution in [2.45, 2.75) is 39.7 Å². The van der Waals surface area contributed by atoms with E-state index < -0.39 is 0 Å². The summed E-state index contributed by atoms with van der Waals surface area (Å²) in [5.41, 5.74) is 1.10. The van der Waals surface area contributed by atoms with Gasteiger partial charge in [0.1, 0.15) is 5.01 Å². The number of nitrogens with zero attached hydrogens (tertiary/aromatic N) is 2. The number of halogens is 2. The Balaban J connectivity index is 2.11. The molecule has 0 aliphatic rings. The lowest BCUT2D eigenvalue weighted by Gasteiger charge is -2.16. The van der Waals surface area contributed by atoms with Gasteiger partial charge in [-0.1, -0.05) is 61.4 Å². The van der Waals surface area contributed by atoms with Crippen LogP contribution in [0.4, 0.5) is 5.13 Å². The first-order valence-electron chi connectivity index (χ1n) is 7.03. The lowest BCUT2D eigenvalue weighted by molar-refractivity contribution is 0.639. The van der Waals surface area contributed by atoms with Gasteiger partial charge in [-0.2, -0.15) is 0 Å². The number of rotatable bonds is 6. The van der Waals surface area contributed by atoms with E-state index in [4.69, 9.17) is 23.2 Å². The highest BCUT2D eigenvalue weighted by atomic mass is 35.5. The molecule has 6 heteroatoms. The fraction of sp³-hybridized carbons (Fsp3) is 0.467. The smallest absolute Gasteiger partial charge is 0.206 e. The minimum absolute atomic E-state index is 0.152. The fourth-order valence-corrected chi connectivity index (χ4v) is 3.35. The van der Waals surface area contributed by atoms with Crippen molar-refractivity contribution in [2.24, 2.45) is 5.92 Å². The summed E-state index contributed by atoms with van der Waals surface area (Å²) in [6, 6.07) is 5.88. The van der Waals surface area contributed by atoms with Crippen molar-refractivity contribution in [3.63, 3.8) is 0 Å². The zero-order chi connectivity index (χ0) is 15.4. The summed E-state index contributed by atoms with van der Waals surface area (Å²) in [5, 5.41) is 14.9. The van der Waals surface area contributed by atoms with Crippen LogP contribution in [0.1, 0.15) is 43.8 Å². The Morgan fingerprint density at radius 2 is 1.95 bits per heavy atom. The van der Waals surface area contributed by atoms with Gasteiger partial charge in [0.2, 0.25) is 5.13 Å². The average Bonchev–Trinajstić information content (AvgIpc) is 2.86. The second-order valence-electron chi connectivity index (χ2n) is 5.38. The molecule has 0 fully saturated rings. The van der Waals surface area contributed by atoms with E-state index in [9.17, 15) is 0 Å². The number of nitrogens with one attached hydrogen (secondary N) is 1. The summed E-state index contributed by atoms with van der Waals surface area (Å²) in [5.74, 6) is 0.586. The van der Waals surface area contributed by atoms with Gasteiger partial charge < -0.3 is 5.32 Å². The summed E-state index contributed by atoms with van der Waals surface area (Å²) in [6.07, 6.45) is 1.89. The van der Waals surface area contributed by atoms with E-state index in [1.165, 1.54) is 0 Å². The maximum absolute atomic E-state index is 6.09. The molecule has 0 spiro atoms. The van der Waals surface area contributed by atoms with Crippen LogP contribution in [-0.4, -0.2) is 10.2 Å². The Kier molecular flexibility index (Phi) is 5.85. The standard InChI is InChI=1S/C15H19Cl2N3S/c1-4-13(10-5-6-11(16)12(17)8-10)18-15-20-19-14(21-15)7-9(2)3/h5-6,8-9,13H,4,7H2,1-3H3,(H,18,20). The number of benzene rings is 1. The van der Waals surface area contributed by atoms with Crippen molar-refractivity contribution in [3.8, 4) is 0 Å². The lowest BCUT2D eigenvalue weighted by atomic mass is 10.1. The minimum Gasteiger partial charge on any atom is -0.353 e. The van der Waals surface area contributed by atoms with Crippen molar-refractivity contribution in [1.29, 1.82) is 0 Å². The molecule has 0 saturated carbocycles. The number of hydrogen-bond acceptors (Lipinski definition) is 4. The highest BCUT2D eigenvalue weighted by Crippen LogP contribution is 2.30. The normalized spacial score (nSPS) is 12.7. The molecule has 1 atom stereocenters. The molecule has 0 amide bonds. The highest BCUT2D eigenvalue weighted by Gasteiger charge is 2.14. The van der Waals surface area contributed by atoms with Gasteiger partial charge in [0.05, 0.1) is 16.1 Å². The minimum atomic E-state index is 0.152. The van der Waals surface area contributed by atoms with Crippen molar-refractivity contribution in [1.82, 2.24) is 10.2 Å². The van der Waals surface area contributed by atoms with Gasteiger partial charge in [-0.15, -0.1) is 10.2 Å². The Morgan fingerprint density at radius 3 is 2.57 bits per heavy atom. The third-order valence-corrected chi connectivity index (χ3v) is 4.72. The van der Waals surface area contributed by atoms with Gasteiger partial charge in [-0.25, -0.2) is 0 Å². The summed E-state index contributed by atoms with van der Waals surface area (Å²) < 4.78 is 0. The molecular formula is C15H19Cl2N3S. The van der Waals surface area contributed by atoms with E-state index >= 15 is 0 Å². The molecule has 2 rings (SSSR count). The zero-order valence-corrected chi connectivity index (χ0v) is 14.7. The molecule has 114 valence electrons. The first kappa shape index (κ1) is 16.5. The quantitative estimate of drug-likeness (QED) is 0.740. The Labute approximate surface area is 139 Å². The Hall–Kier alpha value is -0.840. The van der Waals surface area contributed by atoms with Gasteiger partial charge in [0.25, 0.3) is 0 Å². The zero-order valence-electron chi connectivity index (χ0n) is 12.4. The topological polar surface area (TPSA) is 37.8 Å². The molecule has 3 nitrogen and oxygen atoms in total. The summed E-state index contributed by atoms with van der Waals surface area (Å²) in [6.45, 7) is 6.48. The molecule has 0 radical (unpaired) electrons. The SMILES string of the molecule is CCC(Nc1nnc(CC(C)C)s1)c1ccc(Cl)c(Cl)c1. The van der Waals surface area contributed by atoms with Crippen LogP contribution in [0.25, 0.3) is 0 Å². The van der Waals surface area contributed by atoms with Crippen molar-refractivity contribution in [2.75, 3.05) is 5.32 Å². The molecule has 0 saturated heterocycles. The van der Waals surface area contributed by atoms with Gasteiger partial charge >= 0.3 is 0 Å². The first-order chi connectivity index (χ1) is 9.99. The second kappa shape index (κ2) is 7.43. The molecule has 0 aliphatic heterocycles. The third-order valence-electron chi connectivity index (χ3n) is 3.10. The van der Waals surface area contributed by atoms with Gasteiger partial charge in [-0.05, 0) is 30.0 Å². The average molecular weight is 344 g/mol. The third kappa shape index (κ3) is 4.56. The maximum atomic E-state index is 6.09. The van der Waals surface area contributed by atoms with E-state index in [1.807, 2.05) is 18.2 Å². The van der Waals surface area contributed by atoms with Crippen LogP contribution in [-0.2, 0) is 6.42 Å². The number of anilines is 1. The van der Waals surface area contributed by atoms with E-state index in [0.717, 1.165) is 28.5 Å². The van der Waals surface area contributed by atoms with Crippen LogP contribution in [0.5, 0.6) is 0 Å². The number of hydrogen-bond donors (Lipinski definition) is 1. The van der Waals surface area contributed by atoms with Crippen LogP contribution in [0, 0.1) is 5.92 Å². The molecule has 0 bridgehead atoms. The Morgan fingerprint density at radius 1 is 1.19 bits per heavy atom. The van der Waals surface area contributed by atoms with Crippen molar-refractivity contribution < 1.29 is 0 Å².